The first kappa shape index (κ1) is 35.2. The van der Waals surface area contributed by atoms with Crippen molar-refractivity contribution in [1.29, 1.82) is 0 Å². The molecule has 0 aliphatic heterocycles. The molecule has 6 heteroatoms. The van der Waals surface area contributed by atoms with E-state index in [2.05, 4.69) is 232 Å². The van der Waals surface area contributed by atoms with Crippen LogP contribution in [0.5, 0.6) is 0 Å². The third-order valence-corrected chi connectivity index (χ3v) is 12.5. The van der Waals surface area contributed by atoms with Gasteiger partial charge in [-0.1, -0.05) is 152 Å². The molecule has 0 saturated heterocycles. The molecule has 294 valence electrons. The molecule has 0 bridgehead atoms. The summed E-state index contributed by atoms with van der Waals surface area (Å²) < 4.78 is 6.90. The highest BCUT2D eigenvalue weighted by Gasteiger charge is 2.23. The number of rotatable bonds is 6. The second-order valence-corrected chi connectivity index (χ2v) is 16.0. The summed E-state index contributed by atoms with van der Waals surface area (Å²) in [6.07, 6.45) is 0. The SMILES string of the molecule is c1ccc(-c2ccc3c(c2)c2ccccc2n3-c2ccccc2-c2nc(-c3ccccc3-n3c4ccccc4c4ccccc43)nc(-n3c4ccccc4c4ccccc43)n2)cc1. The van der Waals surface area contributed by atoms with Crippen molar-refractivity contribution in [3.05, 3.63) is 218 Å². The minimum absolute atomic E-state index is 0.550. The predicted molar refractivity (Wildman–Crippen MR) is 259 cm³/mol. The summed E-state index contributed by atoms with van der Waals surface area (Å²) in [7, 11) is 0. The number of hydrogen-bond donors (Lipinski definition) is 0. The molecule has 63 heavy (non-hydrogen) atoms. The molecule has 0 fully saturated rings. The minimum Gasteiger partial charge on any atom is -0.309 e. The molecular formula is C57H36N6. The highest BCUT2D eigenvalue weighted by Crippen LogP contribution is 2.40. The quantitative estimate of drug-likeness (QED) is 0.168. The van der Waals surface area contributed by atoms with Crippen molar-refractivity contribution in [3.8, 4) is 51.2 Å². The van der Waals surface area contributed by atoms with Crippen LogP contribution in [0.25, 0.3) is 117 Å². The molecule has 0 aliphatic rings. The molecule has 4 aromatic heterocycles. The molecule has 4 heterocycles. The van der Waals surface area contributed by atoms with Crippen LogP contribution in [0, 0.1) is 0 Å². The Hall–Kier alpha value is -8.61. The normalized spacial score (nSPS) is 11.8. The third-order valence-electron chi connectivity index (χ3n) is 12.5. The Bertz CT molecular complexity index is 3820. The monoisotopic (exact) mass is 804 g/mol. The molecule has 0 spiro atoms. The summed E-state index contributed by atoms with van der Waals surface area (Å²) in [5, 5.41) is 7.04. The first-order valence-electron chi connectivity index (χ1n) is 21.3. The predicted octanol–water partition coefficient (Wildman–Crippen LogP) is 14.2. The van der Waals surface area contributed by atoms with Crippen molar-refractivity contribution >= 4 is 65.4 Å². The van der Waals surface area contributed by atoms with Crippen LogP contribution in [0.1, 0.15) is 0 Å². The lowest BCUT2D eigenvalue weighted by Gasteiger charge is -2.17. The maximum atomic E-state index is 5.50. The zero-order valence-electron chi connectivity index (χ0n) is 34.0. The van der Waals surface area contributed by atoms with E-state index in [1.54, 1.807) is 0 Å². The lowest BCUT2D eigenvalue weighted by Crippen LogP contribution is -2.09. The van der Waals surface area contributed by atoms with Crippen molar-refractivity contribution < 1.29 is 0 Å². The van der Waals surface area contributed by atoms with E-state index in [-0.39, 0.29) is 0 Å². The van der Waals surface area contributed by atoms with Crippen LogP contribution in [0.15, 0.2) is 218 Å². The lowest BCUT2D eigenvalue weighted by molar-refractivity contribution is 0.950. The summed E-state index contributed by atoms with van der Waals surface area (Å²) >= 11 is 0. The second kappa shape index (κ2) is 14.0. The van der Waals surface area contributed by atoms with Crippen LogP contribution < -0.4 is 0 Å². The number of benzene rings is 9. The Balaban J connectivity index is 1.10. The molecule has 0 N–H and O–H groups in total. The average Bonchev–Trinajstić information content (AvgIpc) is 4.00. The van der Waals surface area contributed by atoms with Crippen molar-refractivity contribution in [1.82, 2.24) is 28.7 Å². The molecular weight excluding hydrogens is 769 g/mol. The molecule has 9 aromatic carbocycles. The van der Waals surface area contributed by atoms with Gasteiger partial charge < -0.3 is 9.13 Å². The maximum absolute atomic E-state index is 5.50. The fraction of sp³-hybridized carbons (Fsp3) is 0. The summed E-state index contributed by atoms with van der Waals surface area (Å²) in [6.45, 7) is 0. The van der Waals surface area contributed by atoms with E-state index in [9.17, 15) is 0 Å². The van der Waals surface area contributed by atoms with Crippen LogP contribution in [0.4, 0.5) is 0 Å². The standard InChI is InChI=1S/C57H36N6/c1-2-18-37(19-3-1)38-34-35-54-46(36-38)43-24-8-13-29-49(43)62(54)53-33-17-10-26-45(53)56-58-55(59-57(60-56)63-50-30-14-6-22-41(50)42-23-7-15-31-51(42)63)44-25-9-16-32-52(44)61-47-27-11-4-20-39(47)40-21-5-12-28-48(40)61/h1-36H. The van der Waals surface area contributed by atoms with Gasteiger partial charge in [0.1, 0.15) is 0 Å². The molecule has 0 saturated carbocycles. The van der Waals surface area contributed by atoms with Gasteiger partial charge in [0, 0.05) is 43.4 Å². The molecule has 13 aromatic rings. The van der Waals surface area contributed by atoms with Gasteiger partial charge in [0.25, 0.3) is 0 Å². The van der Waals surface area contributed by atoms with Gasteiger partial charge in [0.2, 0.25) is 5.95 Å². The Kier molecular flexibility index (Phi) is 7.80. The Morgan fingerprint density at radius 3 is 1.10 bits per heavy atom. The van der Waals surface area contributed by atoms with E-state index in [1.807, 2.05) is 0 Å². The van der Waals surface area contributed by atoms with Gasteiger partial charge in [0.05, 0.1) is 44.5 Å². The number of aromatic nitrogens is 6. The smallest absolute Gasteiger partial charge is 0.238 e. The van der Waals surface area contributed by atoms with Gasteiger partial charge >= 0.3 is 0 Å². The fourth-order valence-electron chi connectivity index (χ4n) is 9.78. The summed E-state index contributed by atoms with van der Waals surface area (Å²) in [4.78, 5) is 16.4. The van der Waals surface area contributed by atoms with E-state index in [0.717, 1.165) is 66.4 Å². The van der Waals surface area contributed by atoms with Crippen molar-refractivity contribution in [2.75, 3.05) is 0 Å². The second-order valence-electron chi connectivity index (χ2n) is 16.0. The van der Waals surface area contributed by atoms with Crippen LogP contribution in [0.3, 0.4) is 0 Å². The minimum atomic E-state index is 0.550. The van der Waals surface area contributed by atoms with Gasteiger partial charge in [-0.15, -0.1) is 0 Å². The summed E-state index contributed by atoms with van der Waals surface area (Å²) in [5.41, 5.74) is 12.7. The van der Waals surface area contributed by atoms with E-state index >= 15 is 0 Å². The number of fused-ring (bicyclic) bond motifs is 9. The zero-order chi connectivity index (χ0) is 41.4. The van der Waals surface area contributed by atoms with Gasteiger partial charge in [-0.25, -0.2) is 4.98 Å². The molecule has 0 radical (unpaired) electrons. The van der Waals surface area contributed by atoms with E-state index < -0.39 is 0 Å². The molecule has 0 unspecified atom stereocenters. The maximum Gasteiger partial charge on any atom is 0.238 e. The van der Waals surface area contributed by atoms with Gasteiger partial charge in [0.15, 0.2) is 11.6 Å². The van der Waals surface area contributed by atoms with Gasteiger partial charge in [-0.2, -0.15) is 9.97 Å². The Labute approximate surface area is 362 Å². The van der Waals surface area contributed by atoms with Crippen LogP contribution >= 0.6 is 0 Å². The summed E-state index contributed by atoms with van der Waals surface area (Å²) in [6, 6.07) is 77.3. The topological polar surface area (TPSA) is 53.5 Å². The van der Waals surface area contributed by atoms with Crippen molar-refractivity contribution in [2.24, 2.45) is 0 Å². The molecule has 0 aliphatic carbocycles. The van der Waals surface area contributed by atoms with E-state index in [4.69, 9.17) is 15.0 Å². The largest absolute Gasteiger partial charge is 0.309 e. The average molecular weight is 805 g/mol. The lowest BCUT2D eigenvalue weighted by atomic mass is 10.0. The number of para-hydroxylation sites is 7. The number of hydrogen-bond acceptors (Lipinski definition) is 3. The zero-order valence-corrected chi connectivity index (χ0v) is 34.0. The van der Waals surface area contributed by atoms with Crippen LogP contribution in [0.2, 0.25) is 0 Å². The number of nitrogens with zero attached hydrogens (tertiary/aromatic N) is 6. The van der Waals surface area contributed by atoms with Crippen LogP contribution in [-0.4, -0.2) is 28.7 Å². The van der Waals surface area contributed by atoms with Crippen LogP contribution in [-0.2, 0) is 0 Å². The van der Waals surface area contributed by atoms with Gasteiger partial charge in [-0.3, -0.25) is 4.57 Å². The first-order valence-corrected chi connectivity index (χ1v) is 21.3. The van der Waals surface area contributed by atoms with E-state index in [0.29, 0.717) is 17.6 Å². The molecule has 13 rings (SSSR count). The highest BCUT2D eigenvalue weighted by molar-refractivity contribution is 6.12. The molecule has 6 nitrogen and oxygen atoms in total. The van der Waals surface area contributed by atoms with Crippen molar-refractivity contribution in [3.63, 3.8) is 0 Å². The molecule has 0 amide bonds. The molecule has 0 atom stereocenters. The Morgan fingerprint density at radius 1 is 0.254 bits per heavy atom. The van der Waals surface area contributed by atoms with E-state index in [1.165, 1.54) is 32.7 Å². The summed E-state index contributed by atoms with van der Waals surface area (Å²) in [5.74, 6) is 1.71. The van der Waals surface area contributed by atoms with Crippen molar-refractivity contribution in [2.45, 2.75) is 0 Å². The van der Waals surface area contributed by atoms with Gasteiger partial charge in [-0.05, 0) is 77.9 Å². The first-order chi connectivity index (χ1) is 31.3. The third kappa shape index (κ3) is 5.41. The highest BCUT2D eigenvalue weighted by atomic mass is 15.2. The fourth-order valence-corrected chi connectivity index (χ4v) is 9.78. The Morgan fingerprint density at radius 2 is 0.619 bits per heavy atom.